The van der Waals surface area contributed by atoms with Gasteiger partial charge >= 0.3 is 0 Å². The van der Waals surface area contributed by atoms with Crippen LogP contribution in [0.4, 0.5) is 0 Å². The van der Waals surface area contributed by atoms with Crippen LogP contribution in [0.1, 0.15) is 14.6 Å². The van der Waals surface area contributed by atoms with Gasteiger partial charge in [0.1, 0.15) is 0 Å². The summed E-state index contributed by atoms with van der Waals surface area (Å²) in [6.07, 6.45) is 1.62. The summed E-state index contributed by atoms with van der Waals surface area (Å²) in [5.74, 6) is 0. The van der Waals surface area contributed by atoms with Gasteiger partial charge in [-0.2, -0.15) is 4.31 Å². The molecular weight excluding hydrogens is 310 g/mol. The minimum Gasteiger partial charge on any atom is -0.207 e. The van der Waals surface area contributed by atoms with E-state index < -0.39 is 10.0 Å². The van der Waals surface area contributed by atoms with Gasteiger partial charge in [0.2, 0.25) is 10.0 Å². The summed E-state index contributed by atoms with van der Waals surface area (Å²) in [6.45, 7) is 8.14. The minimum atomic E-state index is -3.47. The zero-order chi connectivity index (χ0) is 14.8. The quantitative estimate of drug-likeness (QED) is 0.757. The van der Waals surface area contributed by atoms with Gasteiger partial charge in [0.15, 0.2) is 0 Å². The Kier molecular flexibility index (Phi) is 4.80. The Morgan fingerprint density at radius 1 is 1.40 bits per heavy atom. The molecule has 0 saturated heterocycles. The normalized spacial score (nSPS) is 11.9. The van der Waals surface area contributed by atoms with Crippen molar-refractivity contribution in [3.63, 3.8) is 0 Å². The topological polar surface area (TPSA) is 37.4 Å². The predicted octanol–water partition coefficient (Wildman–Crippen LogP) is 3.80. The van der Waals surface area contributed by atoms with Crippen molar-refractivity contribution in [2.45, 2.75) is 25.3 Å². The number of rotatable bonds is 6. The molecule has 0 fully saturated rings. The third-order valence-corrected chi connectivity index (χ3v) is 6.75. The van der Waals surface area contributed by atoms with Crippen molar-refractivity contribution in [3.05, 3.63) is 50.9 Å². The molecule has 0 saturated carbocycles. The lowest BCUT2D eigenvalue weighted by molar-refractivity contribution is 0.441. The summed E-state index contributed by atoms with van der Waals surface area (Å²) in [5, 5.41) is 1.95. The van der Waals surface area contributed by atoms with Crippen molar-refractivity contribution in [2.75, 3.05) is 6.54 Å². The zero-order valence-electron chi connectivity index (χ0n) is 11.5. The molecule has 2 rings (SSSR count). The molecule has 20 heavy (non-hydrogen) atoms. The Bertz CT molecular complexity index is 684. The van der Waals surface area contributed by atoms with E-state index in [-0.39, 0.29) is 0 Å². The average Bonchev–Trinajstić information content (AvgIpc) is 2.98. The maximum atomic E-state index is 12.8. The third kappa shape index (κ3) is 3.20. The Morgan fingerprint density at radius 3 is 2.65 bits per heavy atom. The Hall–Kier alpha value is -0.950. The highest BCUT2D eigenvalue weighted by atomic mass is 32.2. The number of hydrogen-bond acceptors (Lipinski definition) is 4. The summed E-state index contributed by atoms with van der Waals surface area (Å²) in [6, 6.07) is 5.63. The van der Waals surface area contributed by atoms with Crippen LogP contribution in [0, 0.1) is 13.8 Å². The van der Waals surface area contributed by atoms with Crippen LogP contribution in [0.25, 0.3) is 0 Å². The molecular formula is C14H17NO2S3. The standard InChI is InChI=1S/C14H17NO2S3/c1-4-7-15(10-13-6-5-8-18-13)20(16,17)14-9-11(2)19-12(14)3/h4-6,8-9H,1,7,10H2,2-3H3. The van der Waals surface area contributed by atoms with E-state index in [0.29, 0.717) is 18.0 Å². The van der Waals surface area contributed by atoms with E-state index in [1.807, 2.05) is 31.4 Å². The molecule has 2 aromatic heterocycles. The summed E-state index contributed by atoms with van der Waals surface area (Å²) in [5.41, 5.74) is 0. The van der Waals surface area contributed by atoms with Crippen LogP contribution in [0.2, 0.25) is 0 Å². The molecule has 0 radical (unpaired) electrons. The van der Waals surface area contributed by atoms with Gasteiger partial charge in [-0.3, -0.25) is 0 Å². The fourth-order valence-electron chi connectivity index (χ4n) is 1.97. The zero-order valence-corrected chi connectivity index (χ0v) is 13.9. The van der Waals surface area contributed by atoms with Gasteiger partial charge in [-0.15, -0.1) is 29.3 Å². The van der Waals surface area contributed by atoms with Crippen LogP contribution in [0.3, 0.4) is 0 Å². The Morgan fingerprint density at radius 2 is 2.15 bits per heavy atom. The monoisotopic (exact) mass is 327 g/mol. The van der Waals surface area contributed by atoms with Crippen molar-refractivity contribution in [1.29, 1.82) is 0 Å². The van der Waals surface area contributed by atoms with Gasteiger partial charge in [-0.25, -0.2) is 8.42 Å². The molecule has 0 N–H and O–H groups in total. The van der Waals surface area contributed by atoms with Crippen molar-refractivity contribution in [1.82, 2.24) is 4.31 Å². The maximum Gasteiger partial charge on any atom is 0.244 e. The third-order valence-electron chi connectivity index (χ3n) is 2.86. The van der Waals surface area contributed by atoms with E-state index in [4.69, 9.17) is 0 Å². The SMILES string of the molecule is C=CCN(Cc1cccs1)S(=O)(=O)c1cc(C)sc1C. The first-order chi connectivity index (χ1) is 9.45. The summed E-state index contributed by atoms with van der Waals surface area (Å²) < 4.78 is 27.0. The largest absolute Gasteiger partial charge is 0.244 e. The van der Waals surface area contributed by atoms with E-state index in [2.05, 4.69) is 6.58 Å². The van der Waals surface area contributed by atoms with Gasteiger partial charge in [0, 0.05) is 27.7 Å². The van der Waals surface area contributed by atoms with Crippen molar-refractivity contribution < 1.29 is 8.42 Å². The Balaban J connectivity index is 2.36. The van der Waals surface area contributed by atoms with Crippen LogP contribution in [0.5, 0.6) is 0 Å². The van der Waals surface area contributed by atoms with Crippen molar-refractivity contribution in [3.8, 4) is 0 Å². The molecule has 0 spiro atoms. The Labute approximate surface area is 128 Å². The fraction of sp³-hybridized carbons (Fsp3) is 0.286. The van der Waals surface area contributed by atoms with Crippen LogP contribution >= 0.6 is 22.7 Å². The first-order valence-corrected chi connectivity index (χ1v) is 9.29. The fourth-order valence-corrected chi connectivity index (χ4v) is 5.68. The van der Waals surface area contributed by atoms with Gasteiger partial charge in [-0.05, 0) is 31.4 Å². The molecule has 0 unspecified atom stereocenters. The van der Waals surface area contributed by atoms with Crippen LogP contribution < -0.4 is 0 Å². The molecule has 0 aromatic carbocycles. The number of thiophene rings is 2. The highest BCUT2D eigenvalue weighted by molar-refractivity contribution is 7.89. The van der Waals surface area contributed by atoms with E-state index in [1.54, 1.807) is 23.5 Å². The molecule has 3 nitrogen and oxygen atoms in total. The van der Waals surface area contributed by atoms with E-state index in [0.717, 1.165) is 14.6 Å². The molecule has 0 amide bonds. The smallest absolute Gasteiger partial charge is 0.207 e. The highest BCUT2D eigenvalue weighted by Gasteiger charge is 2.26. The minimum absolute atomic E-state index is 0.314. The number of nitrogens with zero attached hydrogens (tertiary/aromatic N) is 1. The van der Waals surface area contributed by atoms with Crippen molar-refractivity contribution in [2.24, 2.45) is 0 Å². The summed E-state index contributed by atoms with van der Waals surface area (Å²) in [7, 11) is -3.47. The van der Waals surface area contributed by atoms with E-state index >= 15 is 0 Å². The van der Waals surface area contributed by atoms with Crippen LogP contribution in [-0.2, 0) is 16.6 Å². The lowest BCUT2D eigenvalue weighted by Crippen LogP contribution is -2.30. The molecule has 2 aromatic rings. The molecule has 2 heterocycles. The summed E-state index contributed by atoms with van der Waals surface area (Å²) >= 11 is 3.07. The van der Waals surface area contributed by atoms with Crippen LogP contribution in [0.15, 0.2) is 41.1 Å². The molecule has 0 atom stereocenters. The second kappa shape index (κ2) is 6.22. The number of sulfonamides is 1. The number of aryl methyl sites for hydroxylation is 2. The molecule has 0 aliphatic rings. The molecule has 108 valence electrons. The first kappa shape index (κ1) is 15.4. The predicted molar refractivity (Wildman–Crippen MR) is 85.9 cm³/mol. The molecule has 6 heteroatoms. The van der Waals surface area contributed by atoms with E-state index in [9.17, 15) is 8.42 Å². The van der Waals surface area contributed by atoms with Crippen molar-refractivity contribution >= 4 is 32.7 Å². The molecule has 0 bridgehead atoms. The maximum absolute atomic E-state index is 12.8. The average molecular weight is 327 g/mol. The van der Waals surface area contributed by atoms with E-state index in [1.165, 1.54) is 15.6 Å². The molecule has 0 aliphatic carbocycles. The molecule has 0 aliphatic heterocycles. The lowest BCUT2D eigenvalue weighted by Gasteiger charge is -2.19. The first-order valence-electron chi connectivity index (χ1n) is 6.15. The van der Waals surface area contributed by atoms with Gasteiger partial charge < -0.3 is 0 Å². The van der Waals surface area contributed by atoms with Crippen LogP contribution in [-0.4, -0.2) is 19.3 Å². The van der Waals surface area contributed by atoms with Gasteiger partial charge in [0.05, 0.1) is 4.90 Å². The second-order valence-corrected chi connectivity index (χ2v) is 8.84. The van der Waals surface area contributed by atoms with Gasteiger partial charge in [-0.1, -0.05) is 12.1 Å². The lowest BCUT2D eigenvalue weighted by atomic mass is 10.4. The second-order valence-electron chi connectivity index (χ2n) is 4.44. The van der Waals surface area contributed by atoms with Gasteiger partial charge in [0.25, 0.3) is 0 Å². The highest BCUT2D eigenvalue weighted by Crippen LogP contribution is 2.28. The summed E-state index contributed by atoms with van der Waals surface area (Å²) in [4.78, 5) is 3.29. The number of hydrogen-bond donors (Lipinski definition) is 0.